The first-order valence-electron chi connectivity index (χ1n) is 7.52. The van der Waals surface area contributed by atoms with Gasteiger partial charge in [0.2, 0.25) is 0 Å². The van der Waals surface area contributed by atoms with Gasteiger partial charge >= 0.3 is 0 Å². The van der Waals surface area contributed by atoms with Gasteiger partial charge in [-0.15, -0.1) is 0 Å². The normalized spacial score (nSPS) is 17.6. The molecule has 4 nitrogen and oxygen atoms in total. The molecule has 0 bridgehead atoms. The van der Waals surface area contributed by atoms with Gasteiger partial charge in [0, 0.05) is 44.0 Å². The molecule has 0 saturated carbocycles. The predicted octanol–water partition coefficient (Wildman–Crippen LogP) is 2.03. The quantitative estimate of drug-likeness (QED) is 0.915. The summed E-state index contributed by atoms with van der Waals surface area (Å²) < 4.78 is 0. The Labute approximate surface area is 123 Å². The van der Waals surface area contributed by atoms with Crippen LogP contribution in [0.15, 0.2) is 12.1 Å². The van der Waals surface area contributed by atoms with Crippen LogP contribution in [0, 0.1) is 6.92 Å². The van der Waals surface area contributed by atoms with Crippen LogP contribution < -0.4 is 10.2 Å². The third kappa shape index (κ3) is 3.70. The van der Waals surface area contributed by atoms with Gasteiger partial charge in [0.05, 0.1) is 0 Å². The molecule has 20 heavy (non-hydrogen) atoms. The predicted molar refractivity (Wildman–Crippen MR) is 85.3 cm³/mol. The maximum Gasteiger partial charge on any atom is 0.129 e. The molecule has 0 atom stereocenters. The van der Waals surface area contributed by atoms with Crippen molar-refractivity contribution in [1.82, 2.24) is 15.2 Å². The smallest absolute Gasteiger partial charge is 0.129 e. The summed E-state index contributed by atoms with van der Waals surface area (Å²) in [5.74, 6) is 1.13. The second kappa shape index (κ2) is 6.10. The number of aromatic nitrogens is 1. The molecule has 0 spiro atoms. The van der Waals surface area contributed by atoms with Crippen molar-refractivity contribution in [3.8, 4) is 0 Å². The van der Waals surface area contributed by atoms with E-state index in [0.717, 1.165) is 44.2 Å². The maximum atomic E-state index is 4.71. The van der Waals surface area contributed by atoms with E-state index in [1.165, 1.54) is 5.56 Å². The summed E-state index contributed by atoms with van der Waals surface area (Å²) in [6, 6.07) is 4.38. The van der Waals surface area contributed by atoms with E-state index in [2.05, 4.69) is 54.9 Å². The molecule has 112 valence electrons. The number of aryl methyl sites for hydroxylation is 1. The van der Waals surface area contributed by atoms with Gasteiger partial charge in [-0.2, -0.15) is 0 Å². The van der Waals surface area contributed by atoms with Crippen molar-refractivity contribution in [3.05, 3.63) is 23.4 Å². The number of piperazine rings is 1. The molecule has 1 aliphatic heterocycles. The molecule has 0 aromatic carbocycles. The number of nitrogens with zero attached hydrogens (tertiary/aromatic N) is 3. The van der Waals surface area contributed by atoms with Crippen LogP contribution in [0.25, 0.3) is 0 Å². The van der Waals surface area contributed by atoms with E-state index < -0.39 is 0 Å². The van der Waals surface area contributed by atoms with E-state index in [1.807, 2.05) is 7.05 Å². The first-order chi connectivity index (χ1) is 9.40. The van der Waals surface area contributed by atoms with Crippen LogP contribution in [-0.4, -0.2) is 48.6 Å². The lowest BCUT2D eigenvalue weighted by atomic mass is 10.0. The highest BCUT2D eigenvalue weighted by Crippen LogP contribution is 2.20. The molecule has 1 aromatic rings. The van der Waals surface area contributed by atoms with Crippen molar-refractivity contribution in [2.45, 2.75) is 39.8 Å². The maximum absolute atomic E-state index is 4.71. The fraction of sp³-hybridized carbons (Fsp3) is 0.688. The zero-order valence-corrected chi connectivity index (χ0v) is 13.5. The van der Waals surface area contributed by atoms with Gasteiger partial charge in [-0.3, -0.25) is 4.90 Å². The largest absolute Gasteiger partial charge is 0.354 e. The molecular weight excluding hydrogens is 248 g/mol. The number of rotatable bonds is 3. The molecule has 1 aliphatic rings. The first kappa shape index (κ1) is 15.3. The van der Waals surface area contributed by atoms with Gasteiger partial charge in [-0.25, -0.2) is 4.98 Å². The summed E-state index contributed by atoms with van der Waals surface area (Å²) in [4.78, 5) is 9.67. The van der Waals surface area contributed by atoms with Crippen molar-refractivity contribution in [3.63, 3.8) is 0 Å². The standard InChI is InChI=1S/C16H28N4/c1-13-10-14(12-17-5)11-15(18-13)19-6-8-20(9-7-19)16(2,3)4/h10-11,17H,6-9,12H2,1-5H3. The number of hydrogen-bond acceptors (Lipinski definition) is 4. The van der Waals surface area contributed by atoms with E-state index in [1.54, 1.807) is 0 Å². The zero-order valence-electron chi connectivity index (χ0n) is 13.5. The SMILES string of the molecule is CNCc1cc(C)nc(N2CCN(C(C)(C)C)CC2)c1. The molecule has 0 amide bonds. The molecule has 0 unspecified atom stereocenters. The van der Waals surface area contributed by atoms with Crippen LogP contribution in [0.1, 0.15) is 32.0 Å². The van der Waals surface area contributed by atoms with E-state index in [-0.39, 0.29) is 5.54 Å². The third-order valence-electron chi connectivity index (χ3n) is 3.93. The monoisotopic (exact) mass is 276 g/mol. The Morgan fingerprint density at radius 2 is 1.80 bits per heavy atom. The van der Waals surface area contributed by atoms with Gasteiger partial charge < -0.3 is 10.2 Å². The molecule has 0 radical (unpaired) electrons. The lowest BCUT2D eigenvalue weighted by molar-refractivity contribution is 0.128. The van der Waals surface area contributed by atoms with Crippen LogP contribution in [0.5, 0.6) is 0 Å². The Kier molecular flexibility index (Phi) is 4.66. The Morgan fingerprint density at radius 3 is 2.35 bits per heavy atom. The Balaban J connectivity index is 2.07. The summed E-state index contributed by atoms with van der Waals surface area (Å²) in [7, 11) is 1.98. The first-order valence-corrected chi connectivity index (χ1v) is 7.52. The van der Waals surface area contributed by atoms with Gasteiger partial charge in [-0.05, 0) is 52.4 Å². The van der Waals surface area contributed by atoms with Crippen LogP contribution in [0.2, 0.25) is 0 Å². The van der Waals surface area contributed by atoms with Crippen molar-refractivity contribution in [2.75, 3.05) is 38.1 Å². The van der Waals surface area contributed by atoms with Crippen LogP contribution in [-0.2, 0) is 6.54 Å². The zero-order chi connectivity index (χ0) is 14.8. The topological polar surface area (TPSA) is 31.4 Å². The second-order valence-corrected chi connectivity index (χ2v) is 6.65. The summed E-state index contributed by atoms with van der Waals surface area (Å²) in [6.45, 7) is 14.2. The number of pyridine rings is 1. The summed E-state index contributed by atoms with van der Waals surface area (Å²) in [5.41, 5.74) is 2.68. The highest BCUT2D eigenvalue weighted by atomic mass is 15.3. The Bertz CT molecular complexity index is 442. The number of hydrogen-bond donors (Lipinski definition) is 1. The summed E-state index contributed by atoms with van der Waals surface area (Å²) in [6.07, 6.45) is 0. The Hall–Kier alpha value is -1.13. The summed E-state index contributed by atoms with van der Waals surface area (Å²) in [5, 5.41) is 3.21. The van der Waals surface area contributed by atoms with Crippen molar-refractivity contribution >= 4 is 5.82 Å². The molecule has 1 saturated heterocycles. The average Bonchev–Trinajstić information content (AvgIpc) is 2.37. The molecule has 1 N–H and O–H groups in total. The average molecular weight is 276 g/mol. The lowest BCUT2D eigenvalue weighted by Gasteiger charge is -2.42. The van der Waals surface area contributed by atoms with Crippen LogP contribution >= 0.6 is 0 Å². The van der Waals surface area contributed by atoms with Gasteiger partial charge in [-0.1, -0.05) is 0 Å². The lowest BCUT2D eigenvalue weighted by Crippen LogP contribution is -2.53. The second-order valence-electron chi connectivity index (χ2n) is 6.65. The van der Waals surface area contributed by atoms with Gasteiger partial charge in [0.25, 0.3) is 0 Å². The van der Waals surface area contributed by atoms with E-state index in [4.69, 9.17) is 4.98 Å². The number of anilines is 1. The highest BCUT2D eigenvalue weighted by Gasteiger charge is 2.26. The molecule has 0 aliphatic carbocycles. The van der Waals surface area contributed by atoms with Gasteiger partial charge in [0.15, 0.2) is 0 Å². The van der Waals surface area contributed by atoms with E-state index in [9.17, 15) is 0 Å². The molecule has 1 fully saturated rings. The Morgan fingerprint density at radius 1 is 1.15 bits per heavy atom. The molecule has 4 heteroatoms. The molecule has 2 rings (SSSR count). The minimum atomic E-state index is 0.267. The highest BCUT2D eigenvalue weighted by molar-refractivity contribution is 5.43. The van der Waals surface area contributed by atoms with Gasteiger partial charge in [0.1, 0.15) is 5.82 Å². The fourth-order valence-electron chi connectivity index (χ4n) is 2.80. The molecule has 2 heterocycles. The molecular formula is C16H28N4. The third-order valence-corrected chi connectivity index (χ3v) is 3.93. The van der Waals surface area contributed by atoms with Crippen molar-refractivity contribution in [1.29, 1.82) is 0 Å². The number of nitrogens with one attached hydrogen (secondary N) is 1. The van der Waals surface area contributed by atoms with Crippen LogP contribution in [0.4, 0.5) is 5.82 Å². The van der Waals surface area contributed by atoms with Crippen molar-refractivity contribution in [2.24, 2.45) is 0 Å². The fourth-order valence-corrected chi connectivity index (χ4v) is 2.80. The minimum absolute atomic E-state index is 0.267. The van der Waals surface area contributed by atoms with Crippen molar-refractivity contribution < 1.29 is 0 Å². The van der Waals surface area contributed by atoms with E-state index in [0.29, 0.717) is 0 Å². The van der Waals surface area contributed by atoms with Crippen LogP contribution in [0.3, 0.4) is 0 Å². The summed E-state index contributed by atoms with van der Waals surface area (Å²) >= 11 is 0. The molecule has 1 aromatic heterocycles. The van der Waals surface area contributed by atoms with E-state index >= 15 is 0 Å². The minimum Gasteiger partial charge on any atom is -0.354 e.